The second-order valence-corrected chi connectivity index (χ2v) is 9.40. The van der Waals surface area contributed by atoms with Crippen LogP contribution < -0.4 is 10.2 Å². The van der Waals surface area contributed by atoms with E-state index in [0.29, 0.717) is 6.54 Å². The van der Waals surface area contributed by atoms with Gasteiger partial charge in [0.1, 0.15) is 6.61 Å². The molecule has 164 valence electrons. The predicted octanol–water partition coefficient (Wildman–Crippen LogP) is 4.12. The first-order chi connectivity index (χ1) is 14.6. The van der Waals surface area contributed by atoms with Crippen LogP contribution in [0.2, 0.25) is 0 Å². The zero-order valence-corrected chi connectivity index (χ0v) is 18.4. The Morgan fingerprint density at radius 3 is 2.53 bits per heavy atom. The maximum Gasteiger partial charge on any atom is 0.302 e. The minimum atomic E-state index is -0.409. The van der Waals surface area contributed by atoms with Crippen LogP contribution in [0.15, 0.2) is 18.2 Å². The van der Waals surface area contributed by atoms with E-state index >= 15 is 0 Å². The Labute approximate surface area is 180 Å². The van der Waals surface area contributed by atoms with Crippen molar-refractivity contribution in [3.05, 3.63) is 29.3 Å². The number of nitrogens with zero attached hydrogens (tertiary/aromatic N) is 1. The molecule has 2 fully saturated rings. The summed E-state index contributed by atoms with van der Waals surface area (Å²) in [5, 5.41) is 3.41. The number of ether oxygens (including phenoxy) is 1. The highest BCUT2D eigenvalue weighted by molar-refractivity contribution is 6.08. The second kappa shape index (κ2) is 9.51. The van der Waals surface area contributed by atoms with Gasteiger partial charge in [-0.15, -0.1) is 0 Å². The molecule has 2 aliphatic heterocycles. The first kappa shape index (κ1) is 21.4. The number of amides is 1. The van der Waals surface area contributed by atoms with E-state index in [1.807, 2.05) is 4.90 Å². The lowest BCUT2D eigenvalue weighted by atomic mass is 9.73. The van der Waals surface area contributed by atoms with Crippen LogP contribution in [0.5, 0.6) is 0 Å². The van der Waals surface area contributed by atoms with Gasteiger partial charge in [-0.3, -0.25) is 9.59 Å². The highest BCUT2D eigenvalue weighted by atomic mass is 16.5. The summed E-state index contributed by atoms with van der Waals surface area (Å²) in [6.07, 6.45) is 12.3. The van der Waals surface area contributed by atoms with Crippen molar-refractivity contribution < 1.29 is 14.3 Å². The molecule has 1 saturated carbocycles. The summed E-state index contributed by atoms with van der Waals surface area (Å²) in [5.74, 6) is 0.659. The molecule has 1 aromatic rings. The molecule has 1 N–H and O–H groups in total. The molecule has 1 amide bonds. The number of nitrogens with one attached hydrogen (secondary N) is 1. The normalized spacial score (nSPS) is 21.9. The summed E-state index contributed by atoms with van der Waals surface area (Å²) in [5.41, 5.74) is 3.20. The molecule has 4 rings (SSSR count). The van der Waals surface area contributed by atoms with Crippen molar-refractivity contribution in [3.63, 3.8) is 0 Å². The summed E-state index contributed by atoms with van der Waals surface area (Å²) < 4.78 is 5.14. The van der Waals surface area contributed by atoms with E-state index in [9.17, 15) is 9.59 Å². The number of hydrogen-bond acceptors (Lipinski definition) is 4. The average Bonchev–Trinajstić information content (AvgIpc) is 2.93. The number of carbonyl (C=O) groups excluding carboxylic acids is 2. The average molecular weight is 413 g/mol. The molecule has 5 nitrogen and oxygen atoms in total. The third kappa shape index (κ3) is 4.41. The fourth-order valence-electron chi connectivity index (χ4n) is 5.73. The van der Waals surface area contributed by atoms with Crippen LogP contribution >= 0.6 is 0 Å². The zero-order valence-electron chi connectivity index (χ0n) is 18.4. The Balaban J connectivity index is 1.57. The van der Waals surface area contributed by atoms with Gasteiger partial charge in [0.15, 0.2) is 0 Å². The molecular formula is C25H36N2O3. The van der Waals surface area contributed by atoms with Crippen LogP contribution in [-0.4, -0.2) is 38.1 Å². The van der Waals surface area contributed by atoms with Gasteiger partial charge in [0.2, 0.25) is 5.91 Å². The van der Waals surface area contributed by atoms with Crippen molar-refractivity contribution in [1.82, 2.24) is 5.32 Å². The van der Waals surface area contributed by atoms with Gasteiger partial charge >= 0.3 is 5.97 Å². The number of fused-ring (bicyclic) bond motifs is 2. The fraction of sp³-hybridized carbons (Fsp3) is 0.680. The Morgan fingerprint density at radius 2 is 1.83 bits per heavy atom. The Kier molecular flexibility index (Phi) is 6.77. The van der Waals surface area contributed by atoms with Crippen molar-refractivity contribution in [1.29, 1.82) is 0 Å². The number of esters is 1. The smallest absolute Gasteiger partial charge is 0.302 e. The highest BCUT2D eigenvalue weighted by Gasteiger charge is 2.51. The fourth-order valence-corrected chi connectivity index (χ4v) is 5.73. The lowest BCUT2D eigenvalue weighted by Gasteiger charge is -2.33. The lowest BCUT2D eigenvalue weighted by Crippen LogP contribution is -2.48. The number of benzene rings is 1. The van der Waals surface area contributed by atoms with Crippen LogP contribution in [0.25, 0.3) is 0 Å². The number of hydrogen-bond donors (Lipinski definition) is 1. The van der Waals surface area contributed by atoms with E-state index in [1.54, 1.807) is 0 Å². The van der Waals surface area contributed by atoms with Gasteiger partial charge in [0.25, 0.3) is 0 Å². The molecular weight excluding hydrogens is 376 g/mol. The molecule has 0 radical (unpaired) electrons. The van der Waals surface area contributed by atoms with E-state index in [2.05, 4.69) is 23.5 Å². The van der Waals surface area contributed by atoms with Crippen molar-refractivity contribution in [2.75, 3.05) is 31.1 Å². The number of anilines is 1. The molecule has 1 spiro atoms. The predicted molar refractivity (Wildman–Crippen MR) is 119 cm³/mol. The number of carbonyl (C=O) groups is 2. The van der Waals surface area contributed by atoms with Gasteiger partial charge in [-0.1, -0.05) is 57.1 Å². The maximum absolute atomic E-state index is 13.6. The molecule has 0 atom stereocenters. The molecule has 1 saturated heterocycles. The molecule has 1 aliphatic carbocycles. The third-order valence-corrected chi connectivity index (χ3v) is 7.35. The molecule has 0 aromatic heterocycles. The summed E-state index contributed by atoms with van der Waals surface area (Å²) in [6.45, 7) is 3.84. The topological polar surface area (TPSA) is 58.6 Å². The number of rotatable bonds is 5. The Hall–Kier alpha value is -1.88. The van der Waals surface area contributed by atoms with Crippen molar-refractivity contribution >= 4 is 17.6 Å². The molecule has 0 unspecified atom stereocenters. The van der Waals surface area contributed by atoms with Gasteiger partial charge in [0.05, 0.1) is 12.0 Å². The summed E-state index contributed by atoms with van der Waals surface area (Å²) >= 11 is 0. The first-order valence-corrected chi connectivity index (χ1v) is 11.9. The van der Waals surface area contributed by atoms with Crippen molar-refractivity contribution in [2.45, 2.75) is 76.5 Å². The highest BCUT2D eigenvalue weighted by Crippen LogP contribution is 2.47. The van der Waals surface area contributed by atoms with Gasteiger partial charge < -0.3 is 15.0 Å². The van der Waals surface area contributed by atoms with E-state index < -0.39 is 5.41 Å². The van der Waals surface area contributed by atoms with Gasteiger partial charge in [-0.25, -0.2) is 0 Å². The molecule has 30 heavy (non-hydrogen) atoms. The van der Waals surface area contributed by atoms with Crippen LogP contribution in [0.1, 0.15) is 75.8 Å². The Morgan fingerprint density at radius 1 is 1.13 bits per heavy atom. The van der Waals surface area contributed by atoms with Crippen LogP contribution in [0.4, 0.5) is 5.69 Å². The molecule has 3 aliphatic rings. The Bertz CT molecular complexity index is 762. The molecule has 0 bridgehead atoms. The van der Waals surface area contributed by atoms with E-state index in [1.165, 1.54) is 63.0 Å². The first-order valence-electron chi connectivity index (χ1n) is 11.9. The van der Waals surface area contributed by atoms with Crippen LogP contribution in [-0.2, 0) is 26.2 Å². The minimum Gasteiger partial charge on any atom is -0.464 e. The summed E-state index contributed by atoms with van der Waals surface area (Å²) in [7, 11) is 0. The third-order valence-electron chi connectivity index (χ3n) is 7.35. The standard InChI is InChI=1S/C25H36N2O3/c1-19(28)30-16-15-27-23-10-9-21(17-20-7-5-3-2-4-6-8-20)18-22(23)25(24(27)29)11-13-26-14-12-25/h9-10,18,20,26H,2-8,11-17H2,1H3. The number of piperidine rings is 1. The van der Waals surface area contributed by atoms with Gasteiger partial charge in [0, 0.05) is 12.6 Å². The SMILES string of the molecule is CC(=O)OCCN1C(=O)C2(CCNCC2)c2cc(CC3CCCCCCC3)ccc21. The minimum absolute atomic E-state index is 0.189. The maximum atomic E-state index is 13.6. The van der Waals surface area contributed by atoms with E-state index in [0.717, 1.165) is 44.0 Å². The lowest BCUT2D eigenvalue weighted by molar-refractivity contribution is -0.141. The van der Waals surface area contributed by atoms with Crippen molar-refractivity contribution in [2.24, 2.45) is 5.92 Å². The molecule has 2 heterocycles. The van der Waals surface area contributed by atoms with Gasteiger partial charge in [-0.05, 0) is 55.5 Å². The van der Waals surface area contributed by atoms with E-state index in [-0.39, 0.29) is 18.5 Å². The second-order valence-electron chi connectivity index (χ2n) is 9.40. The monoisotopic (exact) mass is 412 g/mol. The molecule has 1 aromatic carbocycles. The zero-order chi connectivity index (χ0) is 21.0. The van der Waals surface area contributed by atoms with E-state index in [4.69, 9.17) is 4.74 Å². The summed E-state index contributed by atoms with van der Waals surface area (Å²) in [4.78, 5) is 26.6. The van der Waals surface area contributed by atoms with Crippen molar-refractivity contribution in [3.8, 4) is 0 Å². The van der Waals surface area contributed by atoms with Crippen LogP contribution in [0.3, 0.4) is 0 Å². The summed E-state index contributed by atoms with van der Waals surface area (Å²) in [6, 6.07) is 6.71. The largest absolute Gasteiger partial charge is 0.464 e. The van der Waals surface area contributed by atoms with Crippen LogP contribution in [0, 0.1) is 5.92 Å². The molecule has 5 heteroatoms. The van der Waals surface area contributed by atoms with Gasteiger partial charge in [-0.2, -0.15) is 0 Å². The quantitative estimate of drug-likeness (QED) is 0.739.